The Hall–Kier alpha value is -2.85. The van der Waals surface area contributed by atoms with Crippen molar-refractivity contribution in [3.8, 4) is 22.8 Å². The van der Waals surface area contributed by atoms with Gasteiger partial charge in [0.2, 0.25) is 0 Å². The van der Waals surface area contributed by atoms with Crippen molar-refractivity contribution in [2.75, 3.05) is 19.8 Å². The highest BCUT2D eigenvalue weighted by atomic mass is 16.6. The molecule has 142 valence electrons. The van der Waals surface area contributed by atoms with Crippen molar-refractivity contribution in [3.63, 3.8) is 0 Å². The van der Waals surface area contributed by atoms with Gasteiger partial charge < -0.3 is 9.47 Å². The van der Waals surface area contributed by atoms with Crippen LogP contribution in [-0.4, -0.2) is 29.6 Å². The molecule has 3 aromatic rings. The highest BCUT2D eigenvalue weighted by Gasteiger charge is 2.27. The fourth-order valence-electron chi connectivity index (χ4n) is 4.21. The van der Waals surface area contributed by atoms with Gasteiger partial charge in [0.15, 0.2) is 11.5 Å². The lowest BCUT2D eigenvalue weighted by Crippen LogP contribution is -2.23. The monoisotopic (exact) mass is 372 g/mol. The number of benzene rings is 2. The van der Waals surface area contributed by atoms with Gasteiger partial charge in [-0.3, -0.25) is 9.88 Å². The molecule has 0 aliphatic carbocycles. The number of fused-ring (bicyclic) bond motifs is 1. The van der Waals surface area contributed by atoms with E-state index in [9.17, 15) is 0 Å². The zero-order valence-electron chi connectivity index (χ0n) is 15.9. The van der Waals surface area contributed by atoms with Gasteiger partial charge in [0, 0.05) is 24.3 Å². The van der Waals surface area contributed by atoms with Crippen LogP contribution in [0, 0.1) is 0 Å². The summed E-state index contributed by atoms with van der Waals surface area (Å²) in [6.45, 7) is 3.35. The van der Waals surface area contributed by atoms with E-state index in [2.05, 4.69) is 52.3 Å². The van der Waals surface area contributed by atoms with Crippen molar-refractivity contribution < 1.29 is 9.47 Å². The normalized spacial score (nSPS) is 18.9. The number of hydrogen-bond acceptors (Lipinski definition) is 4. The van der Waals surface area contributed by atoms with Gasteiger partial charge >= 0.3 is 0 Å². The van der Waals surface area contributed by atoms with E-state index in [0.717, 1.165) is 35.8 Å². The molecule has 1 saturated heterocycles. The predicted octanol–water partition coefficient (Wildman–Crippen LogP) is 4.86. The maximum Gasteiger partial charge on any atom is 0.161 e. The summed E-state index contributed by atoms with van der Waals surface area (Å²) >= 11 is 0. The molecule has 1 fully saturated rings. The molecule has 0 radical (unpaired) electrons. The zero-order valence-corrected chi connectivity index (χ0v) is 15.9. The quantitative estimate of drug-likeness (QED) is 0.655. The second kappa shape index (κ2) is 7.64. The Morgan fingerprint density at radius 1 is 0.929 bits per heavy atom. The van der Waals surface area contributed by atoms with Crippen molar-refractivity contribution in [1.29, 1.82) is 0 Å². The fraction of sp³-hybridized carbons (Fsp3) is 0.292. The van der Waals surface area contributed by atoms with Gasteiger partial charge in [-0.25, -0.2) is 0 Å². The van der Waals surface area contributed by atoms with Gasteiger partial charge in [-0.15, -0.1) is 0 Å². The van der Waals surface area contributed by atoms with Crippen LogP contribution in [0.15, 0.2) is 66.9 Å². The predicted molar refractivity (Wildman–Crippen MR) is 109 cm³/mol. The summed E-state index contributed by atoms with van der Waals surface area (Å²) in [5.41, 5.74) is 4.84. The third kappa shape index (κ3) is 3.48. The SMILES string of the molecule is c1ccc(-c2ccc(CN3CCC[C@H]3c3ccc4c(c3)OCCO4)cc2)nc1. The van der Waals surface area contributed by atoms with Crippen LogP contribution in [0.1, 0.15) is 30.0 Å². The molecule has 28 heavy (non-hydrogen) atoms. The second-order valence-corrected chi connectivity index (χ2v) is 7.44. The molecule has 5 rings (SSSR count). The number of rotatable bonds is 4. The molecular formula is C24H24N2O2. The molecule has 4 heteroatoms. The van der Waals surface area contributed by atoms with E-state index in [1.165, 1.54) is 24.0 Å². The zero-order chi connectivity index (χ0) is 18.8. The van der Waals surface area contributed by atoms with Gasteiger partial charge in [0.25, 0.3) is 0 Å². The summed E-state index contributed by atoms with van der Waals surface area (Å²) in [6, 6.07) is 21.7. The minimum atomic E-state index is 0.436. The second-order valence-electron chi connectivity index (χ2n) is 7.44. The first kappa shape index (κ1) is 17.3. The van der Waals surface area contributed by atoms with E-state index in [1.807, 2.05) is 24.4 Å². The van der Waals surface area contributed by atoms with Crippen LogP contribution in [0.3, 0.4) is 0 Å². The molecule has 0 spiro atoms. The average Bonchev–Trinajstić information content (AvgIpc) is 3.23. The Morgan fingerprint density at radius 2 is 1.79 bits per heavy atom. The Bertz CT molecular complexity index is 941. The van der Waals surface area contributed by atoms with Crippen LogP contribution < -0.4 is 9.47 Å². The Kier molecular flexibility index (Phi) is 4.71. The van der Waals surface area contributed by atoms with E-state index in [1.54, 1.807) is 0 Å². The summed E-state index contributed by atoms with van der Waals surface area (Å²) in [7, 11) is 0. The van der Waals surface area contributed by atoms with E-state index < -0.39 is 0 Å². The molecule has 0 bridgehead atoms. The molecule has 0 unspecified atom stereocenters. The minimum absolute atomic E-state index is 0.436. The number of nitrogens with zero attached hydrogens (tertiary/aromatic N) is 2. The largest absolute Gasteiger partial charge is 0.486 e. The molecule has 0 saturated carbocycles. The van der Waals surface area contributed by atoms with E-state index >= 15 is 0 Å². The first-order chi connectivity index (χ1) is 13.9. The Labute approximate surface area is 165 Å². The van der Waals surface area contributed by atoms with E-state index in [0.29, 0.717) is 19.3 Å². The van der Waals surface area contributed by atoms with Crippen molar-refractivity contribution in [2.45, 2.75) is 25.4 Å². The lowest BCUT2D eigenvalue weighted by atomic mass is 10.0. The van der Waals surface area contributed by atoms with Crippen molar-refractivity contribution in [2.24, 2.45) is 0 Å². The van der Waals surface area contributed by atoms with Gasteiger partial charge in [0.05, 0.1) is 5.69 Å². The van der Waals surface area contributed by atoms with Crippen molar-refractivity contribution >= 4 is 0 Å². The molecule has 3 heterocycles. The van der Waals surface area contributed by atoms with Gasteiger partial charge in [-0.05, 0) is 54.8 Å². The highest BCUT2D eigenvalue weighted by Crippen LogP contribution is 2.38. The lowest BCUT2D eigenvalue weighted by molar-refractivity contribution is 0.170. The minimum Gasteiger partial charge on any atom is -0.486 e. The summed E-state index contributed by atoms with van der Waals surface area (Å²) in [5, 5.41) is 0. The summed E-state index contributed by atoms with van der Waals surface area (Å²) in [5.74, 6) is 1.75. The van der Waals surface area contributed by atoms with Crippen LogP contribution in [0.2, 0.25) is 0 Å². The third-order valence-electron chi connectivity index (χ3n) is 5.61. The standard InChI is InChI=1S/C24H24N2O2/c1-2-12-25-21(4-1)19-8-6-18(7-9-19)17-26-13-3-5-22(26)20-10-11-23-24(16-20)28-15-14-27-23/h1-2,4,6-12,16,22H,3,5,13-15,17H2/t22-/m0/s1. The van der Waals surface area contributed by atoms with E-state index in [-0.39, 0.29) is 0 Å². The van der Waals surface area contributed by atoms with Crippen LogP contribution in [-0.2, 0) is 6.54 Å². The van der Waals surface area contributed by atoms with Crippen LogP contribution in [0.5, 0.6) is 11.5 Å². The molecule has 2 aliphatic rings. The van der Waals surface area contributed by atoms with Crippen molar-refractivity contribution in [1.82, 2.24) is 9.88 Å². The van der Waals surface area contributed by atoms with Gasteiger partial charge in [0.1, 0.15) is 13.2 Å². The lowest BCUT2D eigenvalue weighted by Gasteiger charge is -2.26. The Morgan fingerprint density at radius 3 is 2.61 bits per heavy atom. The average molecular weight is 372 g/mol. The summed E-state index contributed by atoms with van der Waals surface area (Å²) in [6.07, 6.45) is 4.25. The Balaban J connectivity index is 1.32. The van der Waals surface area contributed by atoms with Gasteiger partial charge in [-0.2, -0.15) is 0 Å². The van der Waals surface area contributed by atoms with Gasteiger partial charge in [-0.1, -0.05) is 36.4 Å². The smallest absolute Gasteiger partial charge is 0.161 e. The highest BCUT2D eigenvalue weighted by molar-refractivity contribution is 5.59. The molecule has 0 amide bonds. The summed E-state index contributed by atoms with van der Waals surface area (Å²) < 4.78 is 11.5. The third-order valence-corrected chi connectivity index (χ3v) is 5.61. The number of likely N-dealkylation sites (tertiary alicyclic amines) is 1. The number of aromatic nitrogens is 1. The fourth-order valence-corrected chi connectivity index (χ4v) is 4.21. The van der Waals surface area contributed by atoms with Crippen LogP contribution >= 0.6 is 0 Å². The maximum absolute atomic E-state index is 5.78. The number of hydrogen-bond donors (Lipinski definition) is 0. The van der Waals surface area contributed by atoms with Crippen molar-refractivity contribution in [3.05, 3.63) is 78.0 Å². The molecule has 2 aliphatic heterocycles. The van der Waals surface area contributed by atoms with Crippen LogP contribution in [0.4, 0.5) is 0 Å². The molecule has 4 nitrogen and oxygen atoms in total. The van der Waals surface area contributed by atoms with E-state index in [4.69, 9.17) is 9.47 Å². The number of ether oxygens (including phenoxy) is 2. The maximum atomic E-state index is 5.78. The number of pyridine rings is 1. The molecule has 1 aromatic heterocycles. The molecule has 2 aromatic carbocycles. The topological polar surface area (TPSA) is 34.6 Å². The molecule has 0 N–H and O–H groups in total. The van der Waals surface area contributed by atoms with Crippen LogP contribution in [0.25, 0.3) is 11.3 Å². The first-order valence-electron chi connectivity index (χ1n) is 10.0. The molecule has 1 atom stereocenters. The molecular weight excluding hydrogens is 348 g/mol. The summed E-state index contributed by atoms with van der Waals surface area (Å²) in [4.78, 5) is 7.01. The first-order valence-corrected chi connectivity index (χ1v) is 10.0.